The number of benzene rings is 1. The lowest BCUT2D eigenvalue weighted by Gasteiger charge is -2.27. The van der Waals surface area contributed by atoms with Crippen LogP contribution in [-0.2, 0) is 16.6 Å². The van der Waals surface area contributed by atoms with E-state index < -0.39 is 10.0 Å². The summed E-state index contributed by atoms with van der Waals surface area (Å²) < 4.78 is 26.5. The molecular weight excluding hydrogens is 272 g/mol. The van der Waals surface area contributed by atoms with Crippen molar-refractivity contribution < 1.29 is 8.42 Å². The van der Waals surface area contributed by atoms with Crippen molar-refractivity contribution in [3.05, 3.63) is 29.8 Å². The molecule has 5 heteroatoms. The van der Waals surface area contributed by atoms with Crippen LogP contribution in [0.3, 0.4) is 0 Å². The van der Waals surface area contributed by atoms with Crippen molar-refractivity contribution in [1.82, 2.24) is 9.62 Å². The molecule has 0 heterocycles. The predicted molar refractivity (Wildman–Crippen MR) is 83.1 cm³/mol. The molecule has 4 nitrogen and oxygen atoms in total. The van der Waals surface area contributed by atoms with Crippen LogP contribution in [0, 0.1) is 5.92 Å². The molecule has 1 aromatic carbocycles. The highest BCUT2D eigenvalue weighted by Gasteiger charge is 2.26. The van der Waals surface area contributed by atoms with Crippen LogP contribution in [0.4, 0.5) is 0 Å². The second-order valence-corrected chi connectivity index (χ2v) is 7.43. The Labute approximate surface area is 123 Å². The van der Waals surface area contributed by atoms with E-state index in [2.05, 4.69) is 5.32 Å². The predicted octanol–water partition coefficient (Wildman–Crippen LogP) is 2.46. The Morgan fingerprint density at radius 2 is 1.70 bits per heavy atom. The highest BCUT2D eigenvalue weighted by molar-refractivity contribution is 7.89. The van der Waals surface area contributed by atoms with Crippen LogP contribution in [0.15, 0.2) is 29.2 Å². The monoisotopic (exact) mass is 298 g/mol. The Morgan fingerprint density at radius 3 is 2.15 bits per heavy atom. The molecule has 1 unspecified atom stereocenters. The minimum absolute atomic E-state index is 0.0264. The van der Waals surface area contributed by atoms with Gasteiger partial charge in [0.05, 0.1) is 4.90 Å². The van der Waals surface area contributed by atoms with Gasteiger partial charge in [-0.2, -0.15) is 4.31 Å². The first-order chi connectivity index (χ1) is 9.30. The number of nitrogens with one attached hydrogen (secondary N) is 1. The standard InChI is InChI=1S/C15H26N2O2S/c1-6-16-11-14-7-9-15(10-8-14)20(18,19)17(5)13(4)12(2)3/h7-10,12-13,16H,6,11H2,1-5H3. The first kappa shape index (κ1) is 17.1. The van der Waals surface area contributed by atoms with Crippen molar-refractivity contribution >= 4 is 10.0 Å². The SMILES string of the molecule is CCNCc1ccc(S(=O)(=O)N(C)C(C)C(C)C)cc1. The van der Waals surface area contributed by atoms with E-state index in [1.807, 2.05) is 39.8 Å². The molecule has 1 atom stereocenters. The normalized spacial score (nSPS) is 13.9. The van der Waals surface area contributed by atoms with E-state index in [1.54, 1.807) is 19.2 Å². The fraction of sp³-hybridized carbons (Fsp3) is 0.600. The zero-order valence-electron chi connectivity index (χ0n) is 13.1. The summed E-state index contributed by atoms with van der Waals surface area (Å²) in [6.45, 7) is 9.68. The van der Waals surface area contributed by atoms with Gasteiger partial charge in [0.15, 0.2) is 0 Å². The fourth-order valence-electron chi connectivity index (χ4n) is 1.85. The van der Waals surface area contributed by atoms with Crippen LogP contribution in [0.2, 0.25) is 0 Å². The molecule has 0 saturated heterocycles. The third-order valence-electron chi connectivity index (χ3n) is 3.72. The van der Waals surface area contributed by atoms with E-state index in [0.29, 0.717) is 4.90 Å². The summed E-state index contributed by atoms with van der Waals surface area (Å²) in [6, 6.07) is 7.07. The molecular formula is C15H26N2O2S. The van der Waals surface area contributed by atoms with Crippen LogP contribution >= 0.6 is 0 Å². The molecule has 0 amide bonds. The maximum Gasteiger partial charge on any atom is 0.243 e. The fourth-order valence-corrected chi connectivity index (χ4v) is 3.35. The maximum absolute atomic E-state index is 12.5. The van der Waals surface area contributed by atoms with Crippen LogP contribution < -0.4 is 5.32 Å². The van der Waals surface area contributed by atoms with Crippen LogP contribution in [-0.4, -0.2) is 32.4 Å². The van der Waals surface area contributed by atoms with Gasteiger partial charge in [0.2, 0.25) is 10.0 Å². The Hall–Kier alpha value is -0.910. The molecule has 0 spiro atoms. The number of rotatable bonds is 7. The lowest BCUT2D eigenvalue weighted by atomic mass is 10.1. The molecule has 1 N–H and O–H groups in total. The molecule has 0 fully saturated rings. The smallest absolute Gasteiger partial charge is 0.243 e. The van der Waals surface area contributed by atoms with Gasteiger partial charge >= 0.3 is 0 Å². The van der Waals surface area contributed by atoms with Crippen LogP contribution in [0.5, 0.6) is 0 Å². The van der Waals surface area contributed by atoms with Gasteiger partial charge in [0.25, 0.3) is 0 Å². The molecule has 0 saturated carbocycles. The molecule has 20 heavy (non-hydrogen) atoms. The van der Waals surface area contributed by atoms with Crippen molar-refractivity contribution in [2.75, 3.05) is 13.6 Å². The molecule has 0 aliphatic carbocycles. The second-order valence-electron chi connectivity index (χ2n) is 5.43. The van der Waals surface area contributed by atoms with Crippen LogP contribution in [0.25, 0.3) is 0 Å². The Balaban J connectivity index is 2.93. The summed E-state index contributed by atoms with van der Waals surface area (Å²) in [7, 11) is -1.76. The van der Waals surface area contributed by atoms with E-state index in [4.69, 9.17) is 0 Å². The third-order valence-corrected chi connectivity index (χ3v) is 5.68. The minimum atomic E-state index is -3.41. The molecule has 0 aromatic heterocycles. The summed E-state index contributed by atoms with van der Waals surface area (Å²) in [6.07, 6.45) is 0. The number of sulfonamides is 1. The van der Waals surface area contributed by atoms with Crippen molar-refractivity contribution in [2.45, 2.75) is 45.2 Å². The van der Waals surface area contributed by atoms with Crippen molar-refractivity contribution in [3.63, 3.8) is 0 Å². The second kappa shape index (κ2) is 7.20. The van der Waals surface area contributed by atoms with Crippen LogP contribution in [0.1, 0.15) is 33.3 Å². The van der Waals surface area contributed by atoms with Gasteiger partial charge in [-0.15, -0.1) is 0 Å². The molecule has 0 radical (unpaired) electrons. The zero-order chi connectivity index (χ0) is 15.3. The summed E-state index contributed by atoms with van der Waals surface area (Å²) in [5, 5.41) is 3.22. The van der Waals surface area contributed by atoms with Crippen molar-refractivity contribution in [2.24, 2.45) is 5.92 Å². The number of hydrogen-bond donors (Lipinski definition) is 1. The van der Waals surface area contributed by atoms with Gasteiger partial charge in [-0.3, -0.25) is 0 Å². The van der Waals surface area contributed by atoms with Gasteiger partial charge < -0.3 is 5.32 Å². The molecule has 0 aliphatic rings. The Morgan fingerprint density at radius 1 is 1.15 bits per heavy atom. The van der Waals surface area contributed by atoms with Gasteiger partial charge in [-0.1, -0.05) is 32.9 Å². The average molecular weight is 298 g/mol. The zero-order valence-corrected chi connectivity index (χ0v) is 13.9. The quantitative estimate of drug-likeness (QED) is 0.841. The van der Waals surface area contributed by atoms with Crippen molar-refractivity contribution in [1.29, 1.82) is 0 Å². The maximum atomic E-state index is 12.5. The summed E-state index contributed by atoms with van der Waals surface area (Å²) in [4.78, 5) is 0.354. The largest absolute Gasteiger partial charge is 0.313 e. The minimum Gasteiger partial charge on any atom is -0.313 e. The first-order valence-electron chi connectivity index (χ1n) is 7.08. The van der Waals surface area contributed by atoms with Crippen molar-refractivity contribution in [3.8, 4) is 0 Å². The summed E-state index contributed by atoms with van der Waals surface area (Å²) in [5.41, 5.74) is 1.09. The molecule has 0 aliphatic heterocycles. The third kappa shape index (κ3) is 4.04. The lowest BCUT2D eigenvalue weighted by Crippen LogP contribution is -2.38. The highest BCUT2D eigenvalue weighted by atomic mass is 32.2. The van der Waals surface area contributed by atoms with Gasteiger partial charge in [-0.05, 0) is 37.1 Å². The number of hydrogen-bond acceptors (Lipinski definition) is 3. The number of nitrogens with zero attached hydrogens (tertiary/aromatic N) is 1. The van der Waals surface area contributed by atoms with Gasteiger partial charge in [-0.25, -0.2) is 8.42 Å². The molecule has 1 rings (SSSR count). The first-order valence-corrected chi connectivity index (χ1v) is 8.52. The van der Waals surface area contributed by atoms with E-state index in [0.717, 1.165) is 18.7 Å². The lowest BCUT2D eigenvalue weighted by molar-refractivity contribution is 0.316. The molecule has 114 valence electrons. The van der Waals surface area contributed by atoms with E-state index in [9.17, 15) is 8.42 Å². The Bertz CT molecular complexity index is 509. The van der Waals surface area contributed by atoms with Gasteiger partial charge in [0.1, 0.15) is 0 Å². The van der Waals surface area contributed by atoms with E-state index >= 15 is 0 Å². The molecule has 0 bridgehead atoms. The van der Waals surface area contributed by atoms with E-state index in [1.165, 1.54) is 4.31 Å². The Kier molecular flexibility index (Phi) is 6.17. The average Bonchev–Trinajstić information content (AvgIpc) is 2.43. The summed E-state index contributed by atoms with van der Waals surface area (Å²) >= 11 is 0. The van der Waals surface area contributed by atoms with Gasteiger partial charge in [0, 0.05) is 19.6 Å². The molecule has 1 aromatic rings. The highest BCUT2D eigenvalue weighted by Crippen LogP contribution is 2.20. The summed E-state index contributed by atoms with van der Waals surface area (Å²) in [5.74, 6) is 0.280. The topological polar surface area (TPSA) is 49.4 Å². The van der Waals surface area contributed by atoms with E-state index in [-0.39, 0.29) is 12.0 Å².